The van der Waals surface area contributed by atoms with E-state index in [4.69, 9.17) is 17.4 Å². The number of aromatic nitrogens is 5. The summed E-state index contributed by atoms with van der Waals surface area (Å²) in [7, 11) is 0. The molecule has 11 heteroatoms. The number of cyclic esters (lactones) is 1. The quantitative estimate of drug-likeness (QED) is 0.204. The maximum atomic E-state index is 12.7. The summed E-state index contributed by atoms with van der Waals surface area (Å²) in [5, 5.41) is 12.8. The van der Waals surface area contributed by atoms with Crippen molar-refractivity contribution in [2.75, 3.05) is 0 Å². The van der Waals surface area contributed by atoms with Gasteiger partial charge < -0.3 is 19.8 Å². The third kappa shape index (κ3) is 3.15. The summed E-state index contributed by atoms with van der Waals surface area (Å²) in [5.74, 6) is -0.857. The molecular weight excluding hydrogens is 478 g/mol. The number of imidazole rings is 2. The molecule has 5 aromatic rings. The Hall–Kier alpha value is -3.28. The minimum Gasteiger partial charge on any atom is -0.501 e. The number of hydrogen-bond acceptors (Lipinski definition) is 9. The van der Waals surface area contributed by atoms with E-state index < -0.39 is 22.6 Å². The molecule has 0 saturated carbocycles. The number of carbonyl (C=O) groups is 1. The highest BCUT2D eigenvalue weighted by Gasteiger charge is 2.58. The van der Waals surface area contributed by atoms with E-state index in [9.17, 15) is 9.90 Å². The molecule has 0 aliphatic carbocycles. The van der Waals surface area contributed by atoms with Gasteiger partial charge in [-0.3, -0.25) is 0 Å². The second kappa shape index (κ2) is 7.65. The molecule has 3 aromatic heterocycles. The predicted molar refractivity (Wildman–Crippen MR) is 129 cm³/mol. The van der Waals surface area contributed by atoms with Gasteiger partial charge in [-0.05, 0) is 36.0 Å². The summed E-state index contributed by atoms with van der Waals surface area (Å²) in [5.41, 5.74) is 1.69. The molecule has 0 radical (unpaired) electrons. The number of fused-ring (bicyclic) bond motifs is 2. The number of aliphatic hydroxyl groups excluding tert-OH is 1. The van der Waals surface area contributed by atoms with Gasteiger partial charge in [0, 0.05) is 11.6 Å². The van der Waals surface area contributed by atoms with E-state index in [1.165, 1.54) is 11.3 Å². The lowest BCUT2D eigenvalue weighted by atomic mass is 9.99. The summed E-state index contributed by atoms with van der Waals surface area (Å²) < 4.78 is 5.86. The predicted octanol–water partition coefficient (Wildman–Crippen LogP) is 4.88. The van der Waals surface area contributed by atoms with Gasteiger partial charge in [0.1, 0.15) is 16.1 Å². The zero-order chi connectivity index (χ0) is 22.6. The number of nitrogens with one attached hydrogen (secondary N) is 2. The van der Waals surface area contributed by atoms with E-state index in [2.05, 4.69) is 24.9 Å². The number of esters is 1. The molecule has 1 aliphatic heterocycles. The number of benzene rings is 2. The van der Waals surface area contributed by atoms with Crippen LogP contribution < -0.4 is 0 Å². The standard InChI is InChI=1S/C22H15N5O3S3/c28-15-17(33-21-26-13-7-3-4-8-14(13)27-21)22(30-19(15)29,20-23-9-10-32-20)16(31)18-24-11-5-1-2-6-12(11)25-18/h1-10,16,28,31H,(H,24,25)(H,26,27). The molecule has 33 heavy (non-hydrogen) atoms. The molecular formula is C22H15N5O3S3. The SMILES string of the molecule is O=C1OC(c2nccs2)(C(S)c2nc3ccccc3[nH]2)C(Sc2nc3ccccc3[nH]2)=C1O. The Kier molecular flexibility index (Phi) is 4.71. The lowest BCUT2D eigenvalue weighted by Crippen LogP contribution is -2.34. The molecule has 8 nitrogen and oxygen atoms in total. The third-order valence-electron chi connectivity index (χ3n) is 5.37. The van der Waals surface area contributed by atoms with E-state index >= 15 is 0 Å². The van der Waals surface area contributed by atoms with Crippen LogP contribution >= 0.6 is 35.7 Å². The number of H-pyrrole nitrogens is 2. The average Bonchev–Trinajstić information content (AvgIpc) is 3.61. The number of para-hydroxylation sites is 4. The summed E-state index contributed by atoms with van der Waals surface area (Å²) in [4.78, 5) is 33.1. The fourth-order valence-electron chi connectivity index (χ4n) is 3.85. The largest absolute Gasteiger partial charge is 0.501 e. The van der Waals surface area contributed by atoms with Crippen LogP contribution in [0.3, 0.4) is 0 Å². The van der Waals surface area contributed by atoms with Crippen LogP contribution in [0.25, 0.3) is 22.1 Å². The van der Waals surface area contributed by atoms with Gasteiger partial charge in [0.05, 0.1) is 27.0 Å². The van der Waals surface area contributed by atoms with Crippen molar-refractivity contribution in [1.29, 1.82) is 0 Å². The number of nitrogens with zero attached hydrogens (tertiary/aromatic N) is 3. The normalized spacial score (nSPS) is 19.5. The first kappa shape index (κ1) is 20.3. The Bertz CT molecular complexity index is 1480. The molecule has 2 aromatic carbocycles. The van der Waals surface area contributed by atoms with Crippen molar-refractivity contribution in [3.8, 4) is 0 Å². The number of aliphatic hydroxyl groups is 1. The molecule has 4 heterocycles. The van der Waals surface area contributed by atoms with Crippen molar-refractivity contribution >= 4 is 63.8 Å². The molecule has 1 aliphatic rings. The van der Waals surface area contributed by atoms with Crippen molar-refractivity contribution in [3.05, 3.63) is 81.6 Å². The molecule has 0 saturated heterocycles. The lowest BCUT2D eigenvalue weighted by molar-refractivity contribution is -0.149. The van der Waals surface area contributed by atoms with Gasteiger partial charge in [-0.25, -0.2) is 19.7 Å². The Balaban J connectivity index is 1.51. The van der Waals surface area contributed by atoms with Gasteiger partial charge in [-0.15, -0.1) is 11.3 Å². The molecule has 2 unspecified atom stereocenters. The van der Waals surface area contributed by atoms with Crippen LogP contribution in [0.4, 0.5) is 0 Å². The summed E-state index contributed by atoms with van der Waals surface area (Å²) in [6.45, 7) is 0. The molecule has 0 amide bonds. The summed E-state index contributed by atoms with van der Waals surface area (Å²) in [6.07, 6.45) is 1.62. The maximum Gasteiger partial charge on any atom is 0.375 e. The second-order valence-electron chi connectivity index (χ2n) is 7.34. The lowest BCUT2D eigenvalue weighted by Gasteiger charge is -2.31. The summed E-state index contributed by atoms with van der Waals surface area (Å²) >= 11 is 7.28. The highest BCUT2D eigenvalue weighted by Crippen LogP contribution is 2.57. The number of thioether (sulfide) groups is 1. The highest BCUT2D eigenvalue weighted by atomic mass is 32.2. The van der Waals surface area contributed by atoms with E-state index in [0.29, 0.717) is 16.0 Å². The first-order valence-electron chi connectivity index (χ1n) is 9.88. The van der Waals surface area contributed by atoms with E-state index in [1.807, 2.05) is 48.5 Å². The zero-order valence-electron chi connectivity index (χ0n) is 16.7. The topological polar surface area (TPSA) is 117 Å². The van der Waals surface area contributed by atoms with Crippen molar-refractivity contribution in [3.63, 3.8) is 0 Å². The van der Waals surface area contributed by atoms with E-state index in [0.717, 1.165) is 33.8 Å². The number of carbonyl (C=O) groups excluding carboxylic acids is 1. The zero-order valence-corrected chi connectivity index (χ0v) is 19.2. The van der Waals surface area contributed by atoms with E-state index in [1.54, 1.807) is 11.6 Å². The fourth-order valence-corrected chi connectivity index (χ4v) is 6.41. The van der Waals surface area contributed by atoms with Gasteiger partial charge in [-0.1, -0.05) is 24.3 Å². The molecule has 6 rings (SSSR count). The van der Waals surface area contributed by atoms with Crippen molar-refractivity contribution in [2.24, 2.45) is 0 Å². The second-order valence-corrected chi connectivity index (χ2v) is 9.75. The van der Waals surface area contributed by atoms with Crippen LogP contribution in [0.15, 0.2) is 75.9 Å². The number of thiol groups is 1. The third-order valence-corrected chi connectivity index (χ3v) is 7.95. The number of aromatic amines is 2. The van der Waals surface area contributed by atoms with Crippen LogP contribution in [0.5, 0.6) is 0 Å². The molecule has 164 valence electrons. The van der Waals surface area contributed by atoms with Crippen molar-refractivity contribution in [1.82, 2.24) is 24.9 Å². The van der Waals surface area contributed by atoms with Gasteiger partial charge >= 0.3 is 5.97 Å². The maximum absolute atomic E-state index is 12.7. The molecule has 0 spiro atoms. The number of thiazole rings is 1. The van der Waals surface area contributed by atoms with Gasteiger partial charge in [0.15, 0.2) is 5.16 Å². The van der Waals surface area contributed by atoms with Crippen LogP contribution in [0.1, 0.15) is 16.1 Å². The van der Waals surface area contributed by atoms with Crippen LogP contribution in [-0.2, 0) is 15.1 Å². The smallest absolute Gasteiger partial charge is 0.375 e. The Morgan fingerprint density at radius 2 is 1.76 bits per heavy atom. The first-order valence-corrected chi connectivity index (χ1v) is 12.1. The van der Waals surface area contributed by atoms with Gasteiger partial charge in [0.2, 0.25) is 11.4 Å². The molecule has 0 bridgehead atoms. The summed E-state index contributed by atoms with van der Waals surface area (Å²) in [6, 6.07) is 15.1. The Morgan fingerprint density at radius 3 is 2.42 bits per heavy atom. The minimum atomic E-state index is -1.49. The molecule has 2 atom stereocenters. The monoisotopic (exact) mass is 493 g/mol. The van der Waals surface area contributed by atoms with Gasteiger partial charge in [-0.2, -0.15) is 12.6 Å². The first-order chi connectivity index (χ1) is 16.1. The van der Waals surface area contributed by atoms with Gasteiger partial charge in [0.25, 0.3) is 0 Å². The average molecular weight is 494 g/mol. The van der Waals surface area contributed by atoms with Crippen LogP contribution in [0, 0.1) is 0 Å². The number of rotatable bonds is 5. The van der Waals surface area contributed by atoms with Crippen LogP contribution in [0.2, 0.25) is 0 Å². The van der Waals surface area contributed by atoms with Crippen molar-refractivity contribution < 1.29 is 14.6 Å². The number of hydrogen-bond donors (Lipinski definition) is 4. The highest BCUT2D eigenvalue weighted by molar-refractivity contribution is 8.03. The fraction of sp³-hybridized carbons (Fsp3) is 0.0909. The van der Waals surface area contributed by atoms with Crippen molar-refractivity contribution in [2.45, 2.75) is 16.0 Å². The molecule has 3 N–H and O–H groups in total. The molecule has 0 fully saturated rings. The Labute approximate surface area is 200 Å². The number of ether oxygens (including phenoxy) is 1. The van der Waals surface area contributed by atoms with Crippen LogP contribution in [-0.4, -0.2) is 36.0 Å². The Morgan fingerprint density at radius 1 is 1.06 bits per heavy atom. The minimum absolute atomic E-state index is 0.252. The van der Waals surface area contributed by atoms with E-state index in [-0.39, 0.29) is 4.91 Å².